The van der Waals surface area contributed by atoms with Crippen LogP contribution in [0.2, 0.25) is 0 Å². The van der Waals surface area contributed by atoms with Gasteiger partial charge in [-0.1, -0.05) is 0 Å². The summed E-state index contributed by atoms with van der Waals surface area (Å²) in [6.45, 7) is 1.08. The van der Waals surface area contributed by atoms with Crippen LogP contribution in [-0.4, -0.2) is 65.1 Å². The fraction of sp³-hybridized carbons (Fsp3) is 0.300. The highest BCUT2D eigenvalue weighted by atomic mass is 32.2. The number of carbonyl (C=O) groups excluding carboxylic acids is 2. The summed E-state index contributed by atoms with van der Waals surface area (Å²) < 4.78 is 42.5. The number of benzene rings is 2. The summed E-state index contributed by atoms with van der Waals surface area (Å²) in [6.07, 6.45) is 0. The van der Waals surface area contributed by atoms with Crippen LogP contribution in [0.5, 0.6) is 5.75 Å². The van der Waals surface area contributed by atoms with Gasteiger partial charge in [0.1, 0.15) is 10.6 Å². The van der Waals surface area contributed by atoms with Gasteiger partial charge in [0.15, 0.2) is 0 Å². The van der Waals surface area contributed by atoms with Crippen LogP contribution in [0.25, 0.3) is 0 Å². The van der Waals surface area contributed by atoms with Gasteiger partial charge in [-0.05, 0) is 42.5 Å². The highest BCUT2D eigenvalue weighted by molar-refractivity contribution is 7.89. The smallest absolute Gasteiger partial charge is 0.337 e. The van der Waals surface area contributed by atoms with Crippen molar-refractivity contribution in [2.24, 2.45) is 0 Å². The normalized spacial score (nSPS) is 14.7. The van der Waals surface area contributed by atoms with Crippen molar-refractivity contribution >= 4 is 27.6 Å². The summed E-state index contributed by atoms with van der Waals surface area (Å²) in [4.78, 5) is 24.1. The molecule has 160 valence electrons. The van der Waals surface area contributed by atoms with E-state index in [1.165, 1.54) is 48.9 Å². The van der Waals surface area contributed by atoms with E-state index in [2.05, 4.69) is 10.1 Å². The van der Waals surface area contributed by atoms with Crippen molar-refractivity contribution in [3.05, 3.63) is 53.6 Å². The molecule has 10 heteroatoms. The van der Waals surface area contributed by atoms with Crippen LogP contribution >= 0.6 is 0 Å². The lowest BCUT2D eigenvalue weighted by Gasteiger charge is -2.26. The predicted octanol–water partition coefficient (Wildman–Crippen LogP) is 1.75. The summed E-state index contributed by atoms with van der Waals surface area (Å²) >= 11 is 0. The van der Waals surface area contributed by atoms with E-state index in [1.807, 2.05) is 0 Å². The van der Waals surface area contributed by atoms with E-state index in [-0.39, 0.29) is 29.3 Å². The van der Waals surface area contributed by atoms with Gasteiger partial charge in [0.25, 0.3) is 5.91 Å². The van der Waals surface area contributed by atoms with E-state index in [4.69, 9.17) is 9.47 Å². The van der Waals surface area contributed by atoms with Crippen molar-refractivity contribution < 1.29 is 32.2 Å². The quantitative estimate of drug-likeness (QED) is 0.690. The van der Waals surface area contributed by atoms with Crippen molar-refractivity contribution in [3.63, 3.8) is 0 Å². The van der Waals surface area contributed by atoms with Gasteiger partial charge in [-0.2, -0.15) is 4.31 Å². The molecule has 2 aromatic rings. The number of nitrogens with zero attached hydrogens (tertiary/aromatic N) is 1. The van der Waals surface area contributed by atoms with Crippen LogP contribution in [0.3, 0.4) is 0 Å². The number of rotatable bonds is 6. The fourth-order valence-corrected chi connectivity index (χ4v) is 4.55. The maximum Gasteiger partial charge on any atom is 0.337 e. The molecule has 30 heavy (non-hydrogen) atoms. The maximum absolute atomic E-state index is 13.0. The van der Waals surface area contributed by atoms with Crippen LogP contribution in [0.15, 0.2) is 47.4 Å². The number of ether oxygens (including phenoxy) is 3. The molecule has 1 aliphatic heterocycles. The van der Waals surface area contributed by atoms with Gasteiger partial charge in [0.2, 0.25) is 10.0 Å². The Hall–Kier alpha value is -2.95. The number of hydrogen-bond donors (Lipinski definition) is 1. The zero-order chi connectivity index (χ0) is 21.7. The Morgan fingerprint density at radius 1 is 1.00 bits per heavy atom. The minimum absolute atomic E-state index is 0.0828. The standard InChI is InChI=1S/C20H22N2O7S/c1-27-17-8-5-15(13-18(17)30(25,26)22-9-11-29-12-10-22)19(23)21-16-6-3-14(4-7-16)20(24)28-2/h3-8,13H,9-12H2,1-2H3,(H,21,23). The molecule has 1 N–H and O–H groups in total. The van der Waals surface area contributed by atoms with Gasteiger partial charge >= 0.3 is 5.97 Å². The van der Waals surface area contributed by atoms with E-state index >= 15 is 0 Å². The minimum Gasteiger partial charge on any atom is -0.495 e. The summed E-state index contributed by atoms with van der Waals surface area (Å²) in [5.74, 6) is -0.830. The lowest BCUT2D eigenvalue weighted by Crippen LogP contribution is -2.40. The van der Waals surface area contributed by atoms with Gasteiger partial charge in [-0.15, -0.1) is 0 Å². The second-order valence-electron chi connectivity index (χ2n) is 6.41. The monoisotopic (exact) mass is 434 g/mol. The van der Waals surface area contributed by atoms with E-state index < -0.39 is 21.9 Å². The molecule has 0 saturated carbocycles. The van der Waals surface area contributed by atoms with Crippen LogP contribution in [-0.2, 0) is 19.5 Å². The molecule has 0 aliphatic carbocycles. The van der Waals surface area contributed by atoms with E-state index in [1.54, 1.807) is 12.1 Å². The van der Waals surface area contributed by atoms with E-state index in [0.717, 1.165) is 0 Å². The third-order valence-electron chi connectivity index (χ3n) is 4.58. The summed E-state index contributed by atoms with van der Waals surface area (Å²) in [7, 11) is -1.20. The Kier molecular flexibility index (Phi) is 6.70. The summed E-state index contributed by atoms with van der Waals surface area (Å²) in [5.41, 5.74) is 0.944. The van der Waals surface area contributed by atoms with Gasteiger partial charge in [0, 0.05) is 24.3 Å². The number of esters is 1. The van der Waals surface area contributed by atoms with Crippen molar-refractivity contribution in [1.82, 2.24) is 4.31 Å². The zero-order valence-corrected chi connectivity index (χ0v) is 17.4. The van der Waals surface area contributed by atoms with Crippen molar-refractivity contribution in [3.8, 4) is 5.75 Å². The van der Waals surface area contributed by atoms with Crippen molar-refractivity contribution in [1.29, 1.82) is 0 Å². The molecular formula is C20H22N2O7S. The van der Waals surface area contributed by atoms with Crippen LogP contribution in [0, 0.1) is 0 Å². The Bertz CT molecular complexity index is 1030. The summed E-state index contributed by atoms with van der Waals surface area (Å²) in [6, 6.07) is 10.4. The molecule has 0 radical (unpaired) electrons. The Morgan fingerprint density at radius 3 is 2.23 bits per heavy atom. The third kappa shape index (κ3) is 4.61. The van der Waals surface area contributed by atoms with Gasteiger partial charge in [0.05, 0.1) is 33.0 Å². The first-order valence-electron chi connectivity index (χ1n) is 9.12. The van der Waals surface area contributed by atoms with Crippen LogP contribution in [0.1, 0.15) is 20.7 Å². The molecule has 3 rings (SSSR count). The van der Waals surface area contributed by atoms with Gasteiger partial charge < -0.3 is 19.5 Å². The number of methoxy groups -OCH3 is 2. The maximum atomic E-state index is 13.0. The zero-order valence-electron chi connectivity index (χ0n) is 16.6. The molecule has 0 atom stereocenters. The first-order chi connectivity index (χ1) is 14.4. The first-order valence-corrected chi connectivity index (χ1v) is 10.6. The number of sulfonamides is 1. The fourth-order valence-electron chi connectivity index (χ4n) is 2.96. The lowest BCUT2D eigenvalue weighted by molar-refractivity contribution is 0.0600. The summed E-state index contributed by atoms with van der Waals surface area (Å²) in [5, 5.41) is 2.68. The molecule has 0 spiro atoms. The number of anilines is 1. The molecular weight excluding hydrogens is 412 g/mol. The van der Waals surface area contributed by atoms with Crippen molar-refractivity contribution in [2.45, 2.75) is 4.90 Å². The van der Waals surface area contributed by atoms with Gasteiger partial charge in [-0.3, -0.25) is 4.79 Å². The second-order valence-corrected chi connectivity index (χ2v) is 8.31. The molecule has 1 heterocycles. The molecule has 0 unspecified atom stereocenters. The highest BCUT2D eigenvalue weighted by Gasteiger charge is 2.30. The SMILES string of the molecule is COC(=O)c1ccc(NC(=O)c2ccc(OC)c(S(=O)(=O)N3CCOCC3)c2)cc1. The largest absolute Gasteiger partial charge is 0.495 e. The molecule has 1 saturated heterocycles. The lowest BCUT2D eigenvalue weighted by atomic mass is 10.1. The van der Waals surface area contributed by atoms with Crippen molar-refractivity contribution in [2.75, 3.05) is 45.8 Å². The van der Waals surface area contributed by atoms with Crippen LogP contribution < -0.4 is 10.1 Å². The second kappa shape index (κ2) is 9.24. The molecule has 1 fully saturated rings. The van der Waals surface area contributed by atoms with E-state index in [0.29, 0.717) is 24.5 Å². The molecule has 0 bridgehead atoms. The number of morpholine rings is 1. The average Bonchev–Trinajstić information content (AvgIpc) is 2.79. The highest BCUT2D eigenvalue weighted by Crippen LogP contribution is 2.28. The Morgan fingerprint density at radius 2 is 1.63 bits per heavy atom. The molecule has 2 aromatic carbocycles. The number of hydrogen-bond acceptors (Lipinski definition) is 7. The number of carbonyl (C=O) groups is 2. The number of nitrogens with one attached hydrogen (secondary N) is 1. The molecule has 1 aliphatic rings. The predicted molar refractivity (Wildman–Crippen MR) is 108 cm³/mol. The van der Waals surface area contributed by atoms with Crippen LogP contribution in [0.4, 0.5) is 5.69 Å². The molecule has 9 nitrogen and oxygen atoms in total. The third-order valence-corrected chi connectivity index (χ3v) is 6.50. The van der Waals surface area contributed by atoms with E-state index in [9.17, 15) is 18.0 Å². The average molecular weight is 434 g/mol. The topological polar surface area (TPSA) is 111 Å². The Labute approximate surface area is 174 Å². The number of amides is 1. The first kappa shape index (κ1) is 21.8. The molecule has 0 aromatic heterocycles. The Balaban J connectivity index is 1.85. The molecule has 1 amide bonds. The van der Waals surface area contributed by atoms with Gasteiger partial charge in [-0.25, -0.2) is 13.2 Å². The minimum atomic E-state index is -3.85.